The summed E-state index contributed by atoms with van der Waals surface area (Å²) in [4.78, 5) is 28.8. The van der Waals surface area contributed by atoms with E-state index in [1.54, 1.807) is 6.20 Å². The van der Waals surface area contributed by atoms with Crippen LogP contribution in [0.1, 0.15) is 25.5 Å². The molecule has 17 heavy (non-hydrogen) atoms. The zero-order valence-corrected chi connectivity index (χ0v) is 9.56. The number of amides is 2. The Balaban J connectivity index is 2.34. The number of aromatic nitrogens is 2. The quantitative estimate of drug-likeness (QED) is 0.579. The summed E-state index contributed by atoms with van der Waals surface area (Å²) in [6.07, 6.45) is 4.19. The first-order valence-corrected chi connectivity index (χ1v) is 5.38. The van der Waals surface area contributed by atoms with E-state index in [0.717, 1.165) is 5.69 Å². The van der Waals surface area contributed by atoms with Gasteiger partial charge in [-0.05, 0) is 6.42 Å². The molecule has 0 aromatic carbocycles. The summed E-state index contributed by atoms with van der Waals surface area (Å²) >= 11 is 0. The summed E-state index contributed by atoms with van der Waals surface area (Å²) in [6.45, 7) is 2.14. The van der Waals surface area contributed by atoms with Crippen LogP contribution in [0.2, 0.25) is 0 Å². The molecule has 0 aliphatic rings. The predicted octanol–water partition coefficient (Wildman–Crippen LogP) is 0.462. The minimum atomic E-state index is -1.02. The molecule has 0 bridgehead atoms. The Hall–Kier alpha value is -2.05. The first-order chi connectivity index (χ1) is 8.13. The number of imidazole rings is 1. The third-order valence-electron chi connectivity index (χ3n) is 2.18. The fraction of sp³-hybridized carbons (Fsp3) is 0.500. The molecular formula is C10H16N4O3. The molecule has 1 unspecified atom stereocenters. The molecule has 0 spiro atoms. The number of urea groups is 1. The van der Waals surface area contributed by atoms with E-state index < -0.39 is 18.0 Å². The molecule has 4 N–H and O–H groups in total. The first-order valence-electron chi connectivity index (χ1n) is 5.38. The Morgan fingerprint density at radius 3 is 2.88 bits per heavy atom. The number of carboxylic acid groups (broad SMARTS) is 1. The second-order valence-corrected chi connectivity index (χ2v) is 3.58. The fourth-order valence-corrected chi connectivity index (χ4v) is 1.31. The number of carboxylic acids is 1. The molecule has 0 saturated carbocycles. The molecule has 1 aromatic heterocycles. The number of carbonyl (C=O) groups is 2. The fourth-order valence-electron chi connectivity index (χ4n) is 1.31. The van der Waals surface area contributed by atoms with E-state index in [0.29, 0.717) is 12.8 Å². The lowest BCUT2D eigenvalue weighted by Crippen LogP contribution is -2.45. The standard InChI is InChI=1S/C10H16N4O3/c1-2-3-8(9(15)16)14-10(17)12-5-7-4-11-6-13-7/h4,6,8H,2-3,5H2,1H3,(H,11,13)(H,15,16)(H2,12,14,17). The molecule has 0 aliphatic carbocycles. The van der Waals surface area contributed by atoms with Gasteiger partial charge in [0.05, 0.1) is 18.6 Å². The predicted molar refractivity (Wildman–Crippen MR) is 60.3 cm³/mol. The second-order valence-electron chi connectivity index (χ2n) is 3.58. The minimum Gasteiger partial charge on any atom is -0.480 e. The van der Waals surface area contributed by atoms with Gasteiger partial charge in [-0.15, -0.1) is 0 Å². The van der Waals surface area contributed by atoms with Gasteiger partial charge in [-0.3, -0.25) is 0 Å². The largest absolute Gasteiger partial charge is 0.480 e. The molecule has 0 radical (unpaired) electrons. The summed E-state index contributed by atoms with van der Waals surface area (Å²) in [5, 5.41) is 13.8. The number of aromatic amines is 1. The zero-order valence-electron chi connectivity index (χ0n) is 9.56. The van der Waals surface area contributed by atoms with Crippen LogP contribution >= 0.6 is 0 Å². The van der Waals surface area contributed by atoms with Gasteiger partial charge < -0.3 is 20.7 Å². The normalized spacial score (nSPS) is 11.8. The number of rotatable bonds is 6. The maximum Gasteiger partial charge on any atom is 0.326 e. The van der Waals surface area contributed by atoms with Gasteiger partial charge in [0, 0.05) is 6.20 Å². The third-order valence-corrected chi connectivity index (χ3v) is 2.18. The van der Waals surface area contributed by atoms with E-state index in [1.807, 2.05) is 6.92 Å². The van der Waals surface area contributed by atoms with Gasteiger partial charge >= 0.3 is 12.0 Å². The molecule has 1 rings (SSSR count). The van der Waals surface area contributed by atoms with Crippen LogP contribution in [0.3, 0.4) is 0 Å². The molecule has 0 saturated heterocycles. The summed E-state index contributed by atoms with van der Waals surface area (Å²) in [7, 11) is 0. The highest BCUT2D eigenvalue weighted by Gasteiger charge is 2.18. The Morgan fingerprint density at radius 1 is 1.59 bits per heavy atom. The average Bonchev–Trinajstić information content (AvgIpc) is 2.78. The lowest BCUT2D eigenvalue weighted by molar-refractivity contribution is -0.139. The molecule has 7 nitrogen and oxygen atoms in total. The van der Waals surface area contributed by atoms with Crippen LogP contribution in [0.4, 0.5) is 4.79 Å². The highest BCUT2D eigenvalue weighted by molar-refractivity contribution is 5.82. The molecule has 1 atom stereocenters. The number of nitrogens with zero attached hydrogens (tertiary/aromatic N) is 1. The summed E-state index contributed by atoms with van der Waals surface area (Å²) in [6, 6.07) is -1.35. The van der Waals surface area contributed by atoms with Gasteiger partial charge in [0.15, 0.2) is 0 Å². The number of H-pyrrole nitrogens is 1. The van der Waals surface area contributed by atoms with Crippen molar-refractivity contribution >= 4 is 12.0 Å². The van der Waals surface area contributed by atoms with Crippen LogP contribution in [0.25, 0.3) is 0 Å². The van der Waals surface area contributed by atoms with E-state index in [-0.39, 0.29) is 6.54 Å². The van der Waals surface area contributed by atoms with E-state index in [4.69, 9.17) is 5.11 Å². The second kappa shape index (κ2) is 6.51. The van der Waals surface area contributed by atoms with Crippen molar-refractivity contribution in [3.63, 3.8) is 0 Å². The van der Waals surface area contributed by atoms with Gasteiger partial charge in [0.2, 0.25) is 0 Å². The van der Waals surface area contributed by atoms with Crippen LogP contribution in [-0.4, -0.2) is 33.1 Å². The van der Waals surface area contributed by atoms with Gasteiger partial charge in [-0.2, -0.15) is 0 Å². The third kappa shape index (κ3) is 4.54. The van der Waals surface area contributed by atoms with Crippen molar-refractivity contribution in [3.05, 3.63) is 18.2 Å². The average molecular weight is 240 g/mol. The maximum absolute atomic E-state index is 11.4. The Morgan fingerprint density at radius 2 is 2.35 bits per heavy atom. The molecule has 7 heteroatoms. The maximum atomic E-state index is 11.4. The lowest BCUT2D eigenvalue weighted by atomic mass is 10.2. The zero-order chi connectivity index (χ0) is 12.7. The van der Waals surface area contributed by atoms with Gasteiger partial charge in [-0.25, -0.2) is 14.6 Å². The number of hydrogen-bond donors (Lipinski definition) is 4. The van der Waals surface area contributed by atoms with Crippen molar-refractivity contribution in [1.29, 1.82) is 0 Å². The Kier molecular flexibility index (Phi) is 4.99. The van der Waals surface area contributed by atoms with Gasteiger partial charge in [0.1, 0.15) is 6.04 Å². The number of aliphatic carboxylic acids is 1. The lowest BCUT2D eigenvalue weighted by Gasteiger charge is -2.13. The van der Waals surface area contributed by atoms with Crippen LogP contribution in [0.5, 0.6) is 0 Å². The van der Waals surface area contributed by atoms with Crippen LogP contribution in [0, 0.1) is 0 Å². The van der Waals surface area contributed by atoms with E-state index in [9.17, 15) is 9.59 Å². The Bertz CT molecular complexity index is 364. The van der Waals surface area contributed by atoms with Crippen molar-refractivity contribution in [1.82, 2.24) is 20.6 Å². The summed E-state index contributed by atoms with van der Waals surface area (Å²) in [5.41, 5.74) is 0.752. The van der Waals surface area contributed by atoms with Crippen molar-refractivity contribution in [3.8, 4) is 0 Å². The molecule has 0 aliphatic heterocycles. The first kappa shape index (κ1) is 13.0. The number of carbonyl (C=O) groups excluding carboxylic acids is 1. The molecule has 2 amide bonds. The number of nitrogens with one attached hydrogen (secondary N) is 3. The molecule has 94 valence electrons. The van der Waals surface area contributed by atoms with Crippen LogP contribution in [-0.2, 0) is 11.3 Å². The van der Waals surface area contributed by atoms with E-state index in [1.165, 1.54) is 6.33 Å². The number of hydrogen-bond acceptors (Lipinski definition) is 3. The van der Waals surface area contributed by atoms with Crippen molar-refractivity contribution < 1.29 is 14.7 Å². The minimum absolute atomic E-state index is 0.282. The smallest absolute Gasteiger partial charge is 0.326 e. The van der Waals surface area contributed by atoms with E-state index in [2.05, 4.69) is 20.6 Å². The highest BCUT2D eigenvalue weighted by atomic mass is 16.4. The van der Waals surface area contributed by atoms with Crippen molar-refractivity contribution in [2.45, 2.75) is 32.4 Å². The molecular weight excluding hydrogens is 224 g/mol. The SMILES string of the molecule is CCCC(NC(=O)NCc1cnc[nH]1)C(=O)O. The van der Waals surface area contributed by atoms with Crippen molar-refractivity contribution in [2.24, 2.45) is 0 Å². The molecule has 1 aromatic rings. The molecule has 0 fully saturated rings. The van der Waals surface area contributed by atoms with Crippen LogP contribution < -0.4 is 10.6 Å². The summed E-state index contributed by atoms with van der Waals surface area (Å²) < 4.78 is 0. The van der Waals surface area contributed by atoms with Gasteiger partial charge in [-0.1, -0.05) is 13.3 Å². The monoisotopic (exact) mass is 240 g/mol. The Labute approximate surface area is 98.6 Å². The highest BCUT2D eigenvalue weighted by Crippen LogP contribution is 1.97. The topological polar surface area (TPSA) is 107 Å². The molecule has 1 heterocycles. The summed E-state index contributed by atoms with van der Waals surface area (Å²) in [5.74, 6) is -1.02. The van der Waals surface area contributed by atoms with Crippen LogP contribution in [0.15, 0.2) is 12.5 Å². The van der Waals surface area contributed by atoms with Crippen molar-refractivity contribution in [2.75, 3.05) is 0 Å². The van der Waals surface area contributed by atoms with E-state index >= 15 is 0 Å². The van der Waals surface area contributed by atoms with Gasteiger partial charge in [0.25, 0.3) is 0 Å².